The minimum atomic E-state index is -1.04. The fraction of sp³-hybridized carbons (Fsp3) is 0.333. The van der Waals surface area contributed by atoms with E-state index in [1.807, 2.05) is 18.2 Å². The van der Waals surface area contributed by atoms with Crippen molar-refractivity contribution >= 4 is 11.6 Å². The van der Waals surface area contributed by atoms with Crippen LogP contribution < -0.4 is 0 Å². The lowest BCUT2D eigenvalue weighted by Crippen LogP contribution is -2.46. The number of ether oxygens (including phenoxy) is 1. The minimum Gasteiger partial charge on any atom is -0.345 e. The van der Waals surface area contributed by atoms with E-state index in [0.29, 0.717) is 17.5 Å². The van der Waals surface area contributed by atoms with Crippen molar-refractivity contribution in [2.24, 2.45) is 0 Å². The molecule has 1 aliphatic carbocycles. The molecule has 24 heavy (non-hydrogen) atoms. The van der Waals surface area contributed by atoms with E-state index in [0.717, 1.165) is 5.56 Å². The maximum atomic E-state index is 13.2. The van der Waals surface area contributed by atoms with Crippen LogP contribution >= 0.6 is 0 Å². The third-order valence-electron chi connectivity index (χ3n) is 5.57. The average Bonchev–Trinajstić information content (AvgIpc) is 3.20. The highest BCUT2D eigenvalue weighted by Crippen LogP contribution is 2.59. The number of hydrogen-bond donors (Lipinski definition) is 0. The number of Topliss-reactive ketones (excluding diaryl/α,β-unsaturated/α-hetero) is 2. The number of hydrogen-bond acceptors (Lipinski definition) is 3. The molecule has 4 rings (SSSR count). The Hall–Kier alpha value is -2.26. The van der Waals surface area contributed by atoms with Crippen molar-refractivity contribution in [1.29, 1.82) is 0 Å². The Morgan fingerprint density at radius 2 is 1.42 bits per heavy atom. The molecule has 2 atom stereocenters. The van der Waals surface area contributed by atoms with Crippen molar-refractivity contribution < 1.29 is 14.3 Å². The monoisotopic (exact) mass is 320 g/mol. The van der Waals surface area contributed by atoms with Crippen LogP contribution in [-0.2, 0) is 10.2 Å². The zero-order valence-corrected chi connectivity index (χ0v) is 14.1. The molecular weight excluding hydrogens is 300 g/mol. The predicted octanol–water partition coefficient (Wildman–Crippen LogP) is 3.96. The van der Waals surface area contributed by atoms with Gasteiger partial charge in [-0.05, 0) is 24.3 Å². The van der Waals surface area contributed by atoms with Crippen LogP contribution in [0.4, 0.5) is 0 Å². The summed E-state index contributed by atoms with van der Waals surface area (Å²) in [7, 11) is 0. The number of carbonyl (C=O) groups excluding carboxylic acids is 2. The first kappa shape index (κ1) is 15.3. The molecule has 2 aromatic rings. The summed E-state index contributed by atoms with van der Waals surface area (Å²) in [6.07, 6.45) is 0.486. The Bertz CT molecular complexity index is 852. The third kappa shape index (κ3) is 1.82. The van der Waals surface area contributed by atoms with Crippen LogP contribution in [0.3, 0.4) is 0 Å². The summed E-state index contributed by atoms with van der Waals surface area (Å²) < 4.78 is 5.92. The molecule has 0 unspecified atom stereocenters. The average molecular weight is 320 g/mol. The normalized spacial score (nSPS) is 28.3. The van der Waals surface area contributed by atoms with E-state index in [4.69, 9.17) is 4.74 Å². The van der Waals surface area contributed by atoms with Gasteiger partial charge in [-0.25, -0.2) is 0 Å². The van der Waals surface area contributed by atoms with Crippen molar-refractivity contribution in [2.45, 2.75) is 43.8 Å². The topological polar surface area (TPSA) is 46.7 Å². The van der Waals surface area contributed by atoms with E-state index in [1.54, 1.807) is 31.2 Å². The van der Waals surface area contributed by atoms with Gasteiger partial charge < -0.3 is 4.74 Å². The lowest BCUT2D eigenvalue weighted by Gasteiger charge is -2.31. The van der Waals surface area contributed by atoms with Crippen LogP contribution in [0.2, 0.25) is 0 Å². The van der Waals surface area contributed by atoms with Gasteiger partial charge in [0.15, 0.2) is 22.8 Å². The van der Waals surface area contributed by atoms with Crippen molar-refractivity contribution in [2.75, 3.05) is 0 Å². The lowest BCUT2D eigenvalue weighted by atomic mass is 9.67. The lowest BCUT2D eigenvalue weighted by molar-refractivity contribution is 0.0822. The summed E-state index contributed by atoms with van der Waals surface area (Å²) in [5.74, 6) is -0.147. The smallest absolute Gasteiger partial charge is 0.198 e. The number of ketones is 2. The molecule has 1 aliphatic heterocycles. The van der Waals surface area contributed by atoms with Gasteiger partial charge in [0.1, 0.15) is 0 Å². The highest BCUT2D eigenvalue weighted by molar-refractivity contribution is 6.25. The number of fused-ring (bicyclic) bond motifs is 2. The van der Waals surface area contributed by atoms with E-state index in [1.165, 1.54) is 0 Å². The standard InChI is InChI=1S/C21H20O3/c1-19(2,14-9-5-4-6-10-14)13-21-18(23)16-12-8-7-11-15(16)17(22)20(21,3)24-21/h4-12H,13H2,1-3H3/t20-,21+/m0/s1. The molecule has 0 spiro atoms. The number of benzene rings is 2. The Labute approximate surface area is 141 Å². The highest BCUT2D eigenvalue weighted by atomic mass is 16.6. The van der Waals surface area contributed by atoms with Gasteiger partial charge in [-0.2, -0.15) is 0 Å². The number of epoxide rings is 1. The van der Waals surface area contributed by atoms with Gasteiger partial charge in [0, 0.05) is 11.1 Å². The van der Waals surface area contributed by atoms with Crippen LogP contribution in [-0.4, -0.2) is 22.8 Å². The van der Waals surface area contributed by atoms with E-state index < -0.39 is 11.2 Å². The predicted molar refractivity (Wildman–Crippen MR) is 91.4 cm³/mol. The van der Waals surface area contributed by atoms with Crippen LogP contribution in [0.5, 0.6) is 0 Å². The zero-order valence-electron chi connectivity index (χ0n) is 14.1. The van der Waals surface area contributed by atoms with Gasteiger partial charge in [-0.15, -0.1) is 0 Å². The number of rotatable bonds is 3. The van der Waals surface area contributed by atoms with Crippen molar-refractivity contribution in [3.63, 3.8) is 0 Å². The van der Waals surface area contributed by atoms with E-state index in [2.05, 4.69) is 26.0 Å². The molecule has 0 N–H and O–H groups in total. The first-order valence-electron chi connectivity index (χ1n) is 8.26. The third-order valence-corrected chi connectivity index (χ3v) is 5.57. The van der Waals surface area contributed by atoms with Gasteiger partial charge >= 0.3 is 0 Å². The van der Waals surface area contributed by atoms with Gasteiger partial charge in [-0.1, -0.05) is 68.4 Å². The molecule has 1 heterocycles. The second-order valence-corrected chi connectivity index (χ2v) is 7.59. The Morgan fingerprint density at radius 1 is 0.875 bits per heavy atom. The van der Waals surface area contributed by atoms with Crippen molar-refractivity contribution in [3.05, 3.63) is 71.3 Å². The molecule has 0 saturated carbocycles. The van der Waals surface area contributed by atoms with Crippen LogP contribution in [0.25, 0.3) is 0 Å². The molecule has 1 saturated heterocycles. The first-order valence-corrected chi connectivity index (χ1v) is 8.26. The Kier molecular flexibility index (Phi) is 2.95. The quantitative estimate of drug-likeness (QED) is 0.804. The largest absolute Gasteiger partial charge is 0.345 e. The molecule has 122 valence electrons. The van der Waals surface area contributed by atoms with Crippen LogP contribution in [0.1, 0.15) is 53.5 Å². The van der Waals surface area contributed by atoms with Gasteiger partial charge in [0.25, 0.3) is 0 Å². The van der Waals surface area contributed by atoms with Crippen molar-refractivity contribution in [3.8, 4) is 0 Å². The van der Waals surface area contributed by atoms with E-state index in [9.17, 15) is 9.59 Å². The minimum absolute atomic E-state index is 0.0655. The maximum absolute atomic E-state index is 13.2. The molecule has 0 amide bonds. The summed E-state index contributed by atoms with van der Waals surface area (Å²) in [5, 5.41) is 0. The van der Waals surface area contributed by atoms with Crippen LogP contribution in [0.15, 0.2) is 54.6 Å². The Balaban J connectivity index is 1.77. The van der Waals surface area contributed by atoms with E-state index >= 15 is 0 Å². The summed E-state index contributed by atoms with van der Waals surface area (Å²) in [4.78, 5) is 26.0. The summed E-state index contributed by atoms with van der Waals surface area (Å²) in [5.41, 5.74) is -0.253. The maximum Gasteiger partial charge on any atom is 0.198 e. The molecule has 2 aromatic carbocycles. The molecule has 2 aliphatic rings. The van der Waals surface area contributed by atoms with Gasteiger partial charge in [-0.3, -0.25) is 9.59 Å². The summed E-state index contributed by atoms with van der Waals surface area (Å²) in [6, 6.07) is 17.1. The van der Waals surface area contributed by atoms with Crippen LogP contribution in [0, 0.1) is 0 Å². The molecule has 0 radical (unpaired) electrons. The van der Waals surface area contributed by atoms with E-state index in [-0.39, 0.29) is 17.0 Å². The Morgan fingerprint density at radius 3 is 2.04 bits per heavy atom. The SMILES string of the molecule is CC(C)(C[C@]12O[C@@]1(C)C(=O)c1ccccc1C2=O)c1ccccc1. The fourth-order valence-electron chi connectivity index (χ4n) is 4.07. The second kappa shape index (κ2) is 4.64. The fourth-order valence-corrected chi connectivity index (χ4v) is 4.07. The molecule has 1 fully saturated rings. The number of carbonyl (C=O) groups is 2. The first-order chi connectivity index (χ1) is 11.3. The molecular formula is C21H20O3. The van der Waals surface area contributed by atoms with Crippen molar-refractivity contribution in [1.82, 2.24) is 0 Å². The molecule has 3 heteroatoms. The summed E-state index contributed by atoms with van der Waals surface area (Å²) in [6.45, 7) is 5.94. The molecule has 3 nitrogen and oxygen atoms in total. The van der Waals surface area contributed by atoms with Gasteiger partial charge in [0.2, 0.25) is 0 Å². The van der Waals surface area contributed by atoms with Gasteiger partial charge in [0.05, 0.1) is 0 Å². The molecule has 0 bridgehead atoms. The highest BCUT2D eigenvalue weighted by Gasteiger charge is 2.78. The molecule has 0 aromatic heterocycles. The summed E-state index contributed by atoms with van der Waals surface area (Å²) >= 11 is 0. The second-order valence-electron chi connectivity index (χ2n) is 7.59. The zero-order chi connectivity index (χ0) is 17.2.